The Morgan fingerprint density at radius 1 is 1.16 bits per heavy atom. The molecule has 3 aromatic rings. The predicted octanol–water partition coefficient (Wildman–Crippen LogP) is 3.62. The summed E-state index contributed by atoms with van der Waals surface area (Å²) in [5.74, 6) is 1.20. The van der Waals surface area contributed by atoms with Gasteiger partial charge in [-0.2, -0.15) is 0 Å². The van der Waals surface area contributed by atoms with Crippen molar-refractivity contribution in [3.8, 4) is 17.2 Å². The van der Waals surface area contributed by atoms with Crippen LogP contribution in [0, 0.1) is 6.92 Å². The van der Waals surface area contributed by atoms with Crippen molar-refractivity contribution in [2.75, 3.05) is 49.4 Å². The average molecular weight is 441 g/mol. The molecule has 0 bridgehead atoms. The SMILES string of the molecule is COc1ccc(-c2nnc(SCC(=O)Nc3ccc(N4CCOCC4)cc3C)o2)cc1. The van der Waals surface area contributed by atoms with Crippen molar-refractivity contribution in [2.24, 2.45) is 0 Å². The molecule has 2 heterocycles. The van der Waals surface area contributed by atoms with Gasteiger partial charge in [-0.15, -0.1) is 10.2 Å². The second kappa shape index (κ2) is 9.84. The molecule has 0 unspecified atom stereocenters. The van der Waals surface area contributed by atoms with Crippen molar-refractivity contribution >= 4 is 29.0 Å². The van der Waals surface area contributed by atoms with Gasteiger partial charge >= 0.3 is 0 Å². The summed E-state index contributed by atoms with van der Waals surface area (Å²) in [6.45, 7) is 5.23. The number of anilines is 2. The number of rotatable bonds is 7. The summed E-state index contributed by atoms with van der Waals surface area (Å²) >= 11 is 1.20. The molecule has 1 aliphatic heterocycles. The van der Waals surface area contributed by atoms with Crippen LogP contribution in [0.3, 0.4) is 0 Å². The van der Waals surface area contributed by atoms with Crippen molar-refractivity contribution in [3.63, 3.8) is 0 Å². The van der Waals surface area contributed by atoms with E-state index in [-0.39, 0.29) is 11.7 Å². The molecule has 1 aromatic heterocycles. The van der Waals surface area contributed by atoms with E-state index in [0.717, 1.165) is 54.6 Å². The maximum absolute atomic E-state index is 12.4. The van der Waals surface area contributed by atoms with Crippen LogP contribution in [0.1, 0.15) is 5.56 Å². The van der Waals surface area contributed by atoms with Gasteiger partial charge in [-0.1, -0.05) is 11.8 Å². The molecule has 0 atom stereocenters. The third kappa shape index (κ3) is 5.36. The van der Waals surface area contributed by atoms with Crippen molar-refractivity contribution in [1.82, 2.24) is 10.2 Å². The van der Waals surface area contributed by atoms with Gasteiger partial charge in [0.15, 0.2) is 0 Å². The van der Waals surface area contributed by atoms with Crippen LogP contribution in [0.25, 0.3) is 11.5 Å². The lowest BCUT2D eigenvalue weighted by Crippen LogP contribution is -2.36. The third-order valence-corrected chi connectivity index (χ3v) is 5.75. The fraction of sp³-hybridized carbons (Fsp3) is 0.318. The Labute approximate surface area is 184 Å². The van der Waals surface area contributed by atoms with E-state index in [1.54, 1.807) is 7.11 Å². The zero-order valence-corrected chi connectivity index (χ0v) is 18.3. The van der Waals surface area contributed by atoms with E-state index < -0.39 is 0 Å². The maximum Gasteiger partial charge on any atom is 0.277 e. The van der Waals surface area contributed by atoms with E-state index in [9.17, 15) is 4.79 Å². The van der Waals surface area contributed by atoms with Crippen LogP contribution in [0.4, 0.5) is 11.4 Å². The number of nitrogens with zero attached hydrogens (tertiary/aromatic N) is 3. The number of thioether (sulfide) groups is 1. The first-order chi connectivity index (χ1) is 15.1. The molecule has 0 spiro atoms. The number of aromatic nitrogens is 2. The Kier molecular flexibility index (Phi) is 6.73. The highest BCUT2D eigenvalue weighted by Crippen LogP contribution is 2.26. The number of carbonyl (C=O) groups is 1. The van der Waals surface area contributed by atoms with Gasteiger partial charge in [0.25, 0.3) is 5.22 Å². The van der Waals surface area contributed by atoms with Crippen LogP contribution in [0.2, 0.25) is 0 Å². The van der Waals surface area contributed by atoms with Crippen LogP contribution < -0.4 is 15.0 Å². The summed E-state index contributed by atoms with van der Waals surface area (Å²) in [5.41, 5.74) is 3.75. The second-order valence-electron chi connectivity index (χ2n) is 7.04. The first kappa shape index (κ1) is 21.2. The van der Waals surface area contributed by atoms with Crippen molar-refractivity contribution < 1.29 is 18.7 Å². The molecule has 8 nitrogen and oxygen atoms in total. The first-order valence-corrected chi connectivity index (χ1v) is 10.9. The Hall–Kier alpha value is -3.04. The molecule has 0 radical (unpaired) electrons. The zero-order chi connectivity index (χ0) is 21.6. The highest BCUT2D eigenvalue weighted by Gasteiger charge is 2.14. The summed E-state index contributed by atoms with van der Waals surface area (Å²) in [6, 6.07) is 13.4. The molecular formula is C22H24N4O4S. The number of carbonyl (C=O) groups excluding carboxylic acids is 1. The maximum atomic E-state index is 12.4. The van der Waals surface area contributed by atoms with Gasteiger partial charge in [-0.25, -0.2) is 0 Å². The van der Waals surface area contributed by atoms with Crippen LogP contribution in [-0.4, -0.2) is 55.3 Å². The fourth-order valence-electron chi connectivity index (χ4n) is 3.24. The van der Waals surface area contributed by atoms with Crippen LogP contribution in [0.5, 0.6) is 5.75 Å². The first-order valence-electron chi connectivity index (χ1n) is 9.96. The number of methoxy groups -OCH3 is 1. The lowest BCUT2D eigenvalue weighted by atomic mass is 10.1. The van der Waals surface area contributed by atoms with Gasteiger partial charge in [0.2, 0.25) is 11.8 Å². The minimum Gasteiger partial charge on any atom is -0.497 e. The number of aryl methyl sites for hydroxylation is 1. The standard InChI is InChI=1S/C22H24N4O4S/c1-15-13-17(26-9-11-29-12-10-26)5-8-19(15)23-20(27)14-31-22-25-24-21(30-22)16-3-6-18(28-2)7-4-16/h3-8,13H,9-12,14H2,1-2H3,(H,23,27). The van der Waals surface area contributed by atoms with Gasteiger partial charge in [0.05, 0.1) is 26.1 Å². The highest BCUT2D eigenvalue weighted by molar-refractivity contribution is 7.99. The highest BCUT2D eigenvalue weighted by atomic mass is 32.2. The van der Waals surface area contributed by atoms with Crippen LogP contribution >= 0.6 is 11.8 Å². The van der Waals surface area contributed by atoms with Gasteiger partial charge in [-0.3, -0.25) is 4.79 Å². The topological polar surface area (TPSA) is 89.7 Å². The molecule has 0 aliphatic carbocycles. The van der Waals surface area contributed by atoms with E-state index in [2.05, 4.69) is 26.5 Å². The summed E-state index contributed by atoms with van der Waals surface area (Å²) < 4.78 is 16.2. The summed E-state index contributed by atoms with van der Waals surface area (Å²) in [7, 11) is 1.61. The van der Waals surface area contributed by atoms with Gasteiger partial charge in [0, 0.05) is 30.0 Å². The molecular weight excluding hydrogens is 416 g/mol. The zero-order valence-electron chi connectivity index (χ0n) is 17.5. The van der Waals surface area contributed by atoms with Gasteiger partial charge in [-0.05, 0) is 55.0 Å². The van der Waals surface area contributed by atoms with Crippen molar-refractivity contribution in [1.29, 1.82) is 0 Å². The van der Waals surface area contributed by atoms with E-state index >= 15 is 0 Å². The van der Waals surface area contributed by atoms with Gasteiger partial charge < -0.3 is 24.1 Å². The quantitative estimate of drug-likeness (QED) is 0.557. The number of hydrogen-bond acceptors (Lipinski definition) is 8. The third-order valence-electron chi connectivity index (χ3n) is 4.93. The minimum atomic E-state index is -0.128. The normalized spacial score (nSPS) is 13.8. The number of amides is 1. The van der Waals surface area contributed by atoms with E-state index in [4.69, 9.17) is 13.9 Å². The van der Waals surface area contributed by atoms with E-state index in [1.165, 1.54) is 11.8 Å². The monoisotopic (exact) mass is 440 g/mol. The summed E-state index contributed by atoms with van der Waals surface area (Å²) in [4.78, 5) is 14.7. The summed E-state index contributed by atoms with van der Waals surface area (Å²) in [5, 5.41) is 11.4. The Morgan fingerprint density at radius 2 is 1.94 bits per heavy atom. The lowest BCUT2D eigenvalue weighted by Gasteiger charge is -2.29. The molecule has 1 amide bonds. The van der Waals surface area contributed by atoms with Gasteiger partial charge in [0.1, 0.15) is 5.75 Å². The molecule has 2 aromatic carbocycles. The molecule has 1 N–H and O–H groups in total. The Morgan fingerprint density at radius 3 is 2.65 bits per heavy atom. The molecule has 162 valence electrons. The molecule has 1 aliphatic rings. The second-order valence-corrected chi connectivity index (χ2v) is 7.96. The Balaban J connectivity index is 1.31. The van der Waals surface area contributed by atoms with Crippen molar-refractivity contribution in [2.45, 2.75) is 12.1 Å². The molecule has 4 rings (SSSR count). The fourth-order valence-corrected chi connectivity index (χ4v) is 3.80. The predicted molar refractivity (Wildman–Crippen MR) is 120 cm³/mol. The van der Waals surface area contributed by atoms with Crippen LogP contribution in [-0.2, 0) is 9.53 Å². The minimum absolute atomic E-state index is 0.128. The number of hydrogen-bond donors (Lipinski definition) is 1. The smallest absolute Gasteiger partial charge is 0.277 e. The van der Waals surface area contributed by atoms with E-state index in [0.29, 0.717) is 11.1 Å². The number of benzene rings is 2. The van der Waals surface area contributed by atoms with Crippen molar-refractivity contribution in [3.05, 3.63) is 48.0 Å². The number of morpholine rings is 1. The lowest BCUT2D eigenvalue weighted by molar-refractivity contribution is -0.113. The average Bonchev–Trinajstić information content (AvgIpc) is 3.29. The molecule has 1 fully saturated rings. The Bertz CT molecular complexity index is 1030. The molecule has 9 heteroatoms. The molecule has 31 heavy (non-hydrogen) atoms. The van der Waals surface area contributed by atoms with E-state index in [1.807, 2.05) is 43.3 Å². The molecule has 0 saturated carbocycles. The largest absolute Gasteiger partial charge is 0.497 e. The van der Waals surface area contributed by atoms with Crippen LogP contribution in [0.15, 0.2) is 52.1 Å². The summed E-state index contributed by atoms with van der Waals surface area (Å²) in [6.07, 6.45) is 0. The molecule has 1 saturated heterocycles. The number of nitrogens with one attached hydrogen (secondary N) is 1. The number of ether oxygens (including phenoxy) is 2.